The van der Waals surface area contributed by atoms with E-state index in [1.807, 2.05) is 0 Å². The van der Waals surface area contributed by atoms with E-state index in [4.69, 9.17) is 0 Å². The molecule has 0 heterocycles. The van der Waals surface area contributed by atoms with E-state index in [9.17, 15) is 8.78 Å². The zero-order valence-corrected chi connectivity index (χ0v) is 7.11. The summed E-state index contributed by atoms with van der Waals surface area (Å²) in [7, 11) is 0. The fourth-order valence-electron chi connectivity index (χ4n) is 0.567. The monoisotopic (exact) mass is 208 g/mol. The van der Waals surface area contributed by atoms with Gasteiger partial charge in [0.15, 0.2) is 0 Å². The molecule has 0 bridgehead atoms. The predicted octanol–water partition coefficient (Wildman–Crippen LogP) is 2.85. The molecule has 0 aliphatic rings. The van der Waals surface area contributed by atoms with Crippen molar-refractivity contribution in [1.82, 2.24) is 0 Å². The predicted molar refractivity (Wildman–Crippen MR) is 41.4 cm³/mol. The van der Waals surface area contributed by atoms with Crippen molar-refractivity contribution in [3.8, 4) is 0 Å². The fourth-order valence-corrected chi connectivity index (χ4v) is 0.567. The van der Waals surface area contributed by atoms with Gasteiger partial charge in [-0.2, -0.15) is 0 Å². The molecule has 1 aromatic rings. The number of aryl methyl sites for hydroxylation is 1. The first kappa shape index (κ1) is 9.56. The Balaban J connectivity index is 0.000000810. The van der Waals surface area contributed by atoms with Gasteiger partial charge in [-0.05, 0) is 18.6 Å². The summed E-state index contributed by atoms with van der Waals surface area (Å²) in [5, 5.41) is 0. The van der Waals surface area contributed by atoms with Crippen LogP contribution in [0.5, 0.6) is 0 Å². The molecule has 1 aromatic carbocycles. The SMILES string of the molecule is Br.Cc1ccc(F)cc1F. The van der Waals surface area contributed by atoms with E-state index in [0.29, 0.717) is 5.56 Å². The first-order valence-corrected chi connectivity index (χ1v) is 2.62. The van der Waals surface area contributed by atoms with Crippen LogP contribution in [0.4, 0.5) is 8.78 Å². The average molecular weight is 209 g/mol. The normalized spacial score (nSPS) is 8.70. The highest BCUT2D eigenvalue weighted by molar-refractivity contribution is 8.93. The van der Waals surface area contributed by atoms with Gasteiger partial charge in [-0.1, -0.05) is 6.07 Å². The van der Waals surface area contributed by atoms with E-state index in [0.717, 1.165) is 6.07 Å². The lowest BCUT2D eigenvalue weighted by Gasteiger charge is -1.92. The van der Waals surface area contributed by atoms with Gasteiger partial charge in [0.25, 0.3) is 0 Å². The summed E-state index contributed by atoms with van der Waals surface area (Å²) in [6.07, 6.45) is 0. The molecule has 1 rings (SSSR count). The second kappa shape index (κ2) is 3.66. The molecule has 56 valence electrons. The minimum absolute atomic E-state index is 0. The summed E-state index contributed by atoms with van der Waals surface area (Å²) in [6, 6.07) is 3.51. The zero-order valence-electron chi connectivity index (χ0n) is 5.40. The van der Waals surface area contributed by atoms with E-state index >= 15 is 0 Å². The second-order valence-corrected chi connectivity index (χ2v) is 1.89. The van der Waals surface area contributed by atoms with Gasteiger partial charge >= 0.3 is 0 Å². The van der Waals surface area contributed by atoms with Crippen molar-refractivity contribution in [3.05, 3.63) is 35.4 Å². The standard InChI is InChI=1S/C7H6F2.BrH/c1-5-2-3-6(8)4-7(5)9;/h2-4H,1H3;1H. The minimum atomic E-state index is -0.530. The van der Waals surface area contributed by atoms with Crippen LogP contribution in [0.3, 0.4) is 0 Å². The Labute approximate surface area is 68.6 Å². The molecule has 3 heteroatoms. The van der Waals surface area contributed by atoms with Gasteiger partial charge in [-0.3, -0.25) is 0 Å². The molecule has 10 heavy (non-hydrogen) atoms. The number of benzene rings is 1. The summed E-state index contributed by atoms with van der Waals surface area (Å²) in [4.78, 5) is 0. The molecular formula is C7H7BrF2. The summed E-state index contributed by atoms with van der Waals surface area (Å²) < 4.78 is 24.4. The van der Waals surface area contributed by atoms with E-state index < -0.39 is 11.6 Å². The van der Waals surface area contributed by atoms with Crippen LogP contribution in [0.2, 0.25) is 0 Å². The lowest BCUT2D eigenvalue weighted by Crippen LogP contribution is -1.81. The van der Waals surface area contributed by atoms with Crippen molar-refractivity contribution in [3.63, 3.8) is 0 Å². The van der Waals surface area contributed by atoms with E-state index in [-0.39, 0.29) is 17.0 Å². The third kappa shape index (κ3) is 2.06. The molecule has 0 saturated heterocycles. The van der Waals surface area contributed by atoms with Crippen LogP contribution < -0.4 is 0 Å². The van der Waals surface area contributed by atoms with Gasteiger partial charge in [0.05, 0.1) is 0 Å². The van der Waals surface area contributed by atoms with Gasteiger partial charge in [0.2, 0.25) is 0 Å². The first-order chi connectivity index (χ1) is 4.20. The Morgan fingerprint density at radius 1 is 1.20 bits per heavy atom. The van der Waals surface area contributed by atoms with Crippen molar-refractivity contribution < 1.29 is 8.78 Å². The van der Waals surface area contributed by atoms with Crippen molar-refractivity contribution in [2.45, 2.75) is 6.92 Å². The molecule has 0 aromatic heterocycles. The quantitative estimate of drug-likeness (QED) is 0.616. The maximum Gasteiger partial charge on any atom is 0.129 e. The van der Waals surface area contributed by atoms with Crippen LogP contribution in [-0.4, -0.2) is 0 Å². The van der Waals surface area contributed by atoms with Crippen LogP contribution in [0.15, 0.2) is 18.2 Å². The molecule has 0 amide bonds. The largest absolute Gasteiger partial charge is 0.207 e. The Morgan fingerprint density at radius 3 is 2.20 bits per heavy atom. The molecule has 0 atom stereocenters. The fraction of sp³-hybridized carbons (Fsp3) is 0.143. The van der Waals surface area contributed by atoms with Crippen LogP contribution in [0, 0.1) is 18.6 Å². The van der Waals surface area contributed by atoms with E-state index in [1.165, 1.54) is 12.1 Å². The Kier molecular flexibility index (Phi) is 3.50. The molecule has 0 saturated carbocycles. The van der Waals surface area contributed by atoms with Crippen molar-refractivity contribution >= 4 is 17.0 Å². The van der Waals surface area contributed by atoms with Crippen LogP contribution in [0.25, 0.3) is 0 Å². The van der Waals surface area contributed by atoms with E-state index in [1.54, 1.807) is 6.92 Å². The molecule has 0 nitrogen and oxygen atoms in total. The smallest absolute Gasteiger partial charge is 0.129 e. The number of rotatable bonds is 0. The molecule has 0 N–H and O–H groups in total. The van der Waals surface area contributed by atoms with Gasteiger partial charge in [-0.25, -0.2) is 8.78 Å². The molecule has 0 spiro atoms. The molecule has 0 radical (unpaired) electrons. The highest BCUT2D eigenvalue weighted by atomic mass is 79.9. The first-order valence-electron chi connectivity index (χ1n) is 2.62. The second-order valence-electron chi connectivity index (χ2n) is 1.89. The molecule has 0 unspecified atom stereocenters. The lowest BCUT2D eigenvalue weighted by molar-refractivity contribution is 0.577. The number of hydrogen-bond donors (Lipinski definition) is 0. The Morgan fingerprint density at radius 2 is 1.80 bits per heavy atom. The summed E-state index contributed by atoms with van der Waals surface area (Å²) >= 11 is 0. The van der Waals surface area contributed by atoms with Gasteiger partial charge in [-0.15, -0.1) is 17.0 Å². The van der Waals surface area contributed by atoms with Crippen molar-refractivity contribution in [2.75, 3.05) is 0 Å². The third-order valence-corrected chi connectivity index (χ3v) is 1.13. The topological polar surface area (TPSA) is 0 Å². The van der Waals surface area contributed by atoms with Crippen molar-refractivity contribution in [1.29, 1.82) is 0 Å². The number of halogens is 3. The van der Waals surface area contributed by atoms with Crippen LogP contribution in [0.1, 0.15) is 5.56 Å². The molecule has 0 aliphatic carbocycles. The zero-order chi connectivity index (χ0) is 6.85. The third-order valence-electron chi connectivity index (χ3n) is 1.13. The van der Waals surface area contributed by atoms with Gasteiger partial charge < -0.3 is 0 Å². The number of hydrogen-bond acceptors (Lipinski definition) is 0. The van der Waals surface area contributed by atoms with Crippen molar-refractivity contribution in [2.24, 2.45) is 0 Å². The maximum absolute atomic E-state index is 12.3. The van der Waals surface area contributed by atoms with E-state index in [2.05, 4.69) is 0 Å². The molecule has 0 aliphatic heterocycles. The van der Waals surface area contributed by atoms with Gasteiger partial charge in [0, 0.05) is 6.07 Å². The molecule has 0 fully saturated rings. The van der Waals surface area contributed by atoms with Crippen LogP contribution in [-0.2, 0) is 0 Å². The highest BCUT2D eigenvalue weighted by Gasteiger charge is 1.95. The summed E-state index contributed by atoms with van der Waals surface area (Å²) in [5.41, 5.74) is 0.469. The highest BCUT2D eigenvalue weighted by Crippen LogP contribution is 2.06. The summed E-state index contributed by atoms with van der Waals surface area (Å²) in [5.74, 6) is -1.02. The Bertz CT molecular complexity index is 223. The van der Waals surface area contributed by atoms with Crippen LogP contribution >= 0.6 is 17.0 Å². The van der Waals surface area contributed by atoms with Gasteiger partial charge in [0.1, 0.15) is 11.6 Å². The molecular weight excluding hydrogens is 202 g/mol. The summed E-state index contributed by atoms with van der Waals surface area (Å²) in [6.45, 7) is 1.59. The Hall–Kier alpha value is -0.440. The lowest BCUT2D eigenvalue weighted by atomic mass is 10.2. The average Bonchev–Trinajstić information content (AvgIpc) is 1.80. The maximum atomic E-state index is 12.3. The minimum Gasteiger partial charge on any atom is -0.207 e.